The van der Waals surface area contributed by atoms with E-state index >= 15 is 0 Å². The zero-order valence-electron chi connectivity index (χ0n) is 7.33. The second kappa shape index (κ2) is 3.08. The number of aromatic nitrogens is 1. The van der Waals surface area contributed by atoms with Crippen molar-refractivity contribution in [2.75, 3.05) is 0 Å². The lowest BCUT2D eigenvalue weighted by Gasteiger charge is -1.97. The van der Waals surface area contributed by atoms with Gasteiger partial charge in [-0.15, -0.1) is 11.3 Å². The summed E-state index contributed by atoms with van der Waals surface area (Å²) in [5.74, 6) is 5.36. The van der Waals surface area contributed by atoms with Crippen molar-refractivity contribution in [2.45, 2.75) is 25.7 Å². The van der Waals surface area contributed by atoms with Crippen molar-refractivity contribution in [3.63, 3.8) is 0 Å². The van der Waals surface area contributed by atoms with Crippen molar-refractivity contribution in [3.8, 4) is 0 Å². The van der Waals surface area contributed by atoms with Crippen LogP contribution < -0.4 is 11.3 Å². The maximum absolute atomic E-state index is 11.3. The van der Waals surface area contributed by atoms with E-state index in [-0.39, 0.29) is 5.91 Å². The van der Waals surface area contributed by atoms with E-state index < -0.39 is 0 Å². The number of nitrogens with zero attached hydrogens (tertiary/aromatic N) is 1. The molecule has 2 rings (SSSR count). The van der Waals surface area contributed by atoms with Crippen molar-refractivity contribution in [1.29, 1.82) is 0 Å². The number of nitrogen functional groups attached to an aromatic ring is 1. The molecule has 3 N–H and O–H groups in total. The first-order valence-electron chi connectivity index (χ1n) is 4.20. The normalized spacial score (nSPS) is 15.8. The molecule has 0 saturated heterocycles. The summed E-state index contributed by atoms with van der Waals surface area (Å²) in [6.45, 7) is 1.91. The van der Waals surface area contributed by atoms with Gasteiger partial charge >= 0.3 is 0 Å². The number of nitrogens with two attached hydrogens (primary N) is 1. The molecule has 0 spiro atoms. The van der Waals surface area contributed by atoms with E-state index in [2.05, 4.69) is 10.4 Å². The minimum absolute atomic E-state index is 0.215. The van der Waals surface area contributed by atoms with E-state index in [1.807, 2.05) is 6.92 Å². The molecule has 1 aromatic rings. The number of rotatable bonds is 2. The Labute approximate surface area is 80.1 Å². The van der Waals surface area contributed by atoms with Crippen molar-refractivity contribution < 1.29 is 4.79 Å². The maximum Gasteiger partial charge on any atom is 0.277 e. The molecule has 0 unspecified atom stereocenters. The average molecular weight is 197 g/mol. The SMILES string of the molecule is Cc1nc(C2CC2)c(C(=O)NN)s1. The third-order valence-corrected chi connectivity index (χ3v) is 3.05. The minimum atomic E-state index is -0.215. The lowest BCUT2D eigenvalue weighted by Crippen LogP contribution is -2.30. The van der Waals surface area contributed by atoms with Gasteiger partial charge in [-0.1, -0.05) is 0 Å². The molecule has 1 aliphatic carbocycles. The second-order valence-electron chi connectivity index (χ2n) is 3.19. The molecule has 0 aliphatic heterocycles. The first kappa shape index (κ1) is 8.65. The zero-order chi connectivity index (χ0) is 9.42. The van der Waals surface area contributed by atoms with Gasteiger partial charge in [-0.25, -0.2) is 10.8 Å². The van der Waals surface area contributed by atoms with Crippen LogP contribution in [0.4, 0.5) is 0 Å². The van der Waals surface area contributed by atoms with Gasteiger partial charge in [-0.2, -0.15) is 0 Å². The van der Waals surface area contributed by atoms with Crippen LogP contribution in [0.2, 0.25) is 0 Å². The van der Waals surface area contributed by atoms with Gasteiger partial charge in [0.05, 0.1) is 10.7 Å². The molecule has 4 nitrogen and oxygen atoms in total. The Kier molecular flexibility index (Phi) is 2.05. The molecule has 1 heterocycles. The fourth-order valence-corrected chi connectivity index (χ4v) is 2.21. The molecule has 1 fully saturated rings. The van der Waals surface area contributed by atoms with Crippen LogP contribution in [-0.4, -0.2) is 10.9 Å². The van der Waals surface area contributed by atoms with Gasteiger partial charge in [0.15, 0.2) is 0 Å². The summed E-state index contributed by atoms with van der Waals surface area (Å²) < 4.78 is 0. The highest BCUT2D eigenvalue weighted by atomic mass is 32.1. The molecule has 0 bridgehead atoms. The van der Waals surface area contributed by atoms with Crippen molar-refractivity contribution in [2.24, 2.45) is 5.84 Å². The van der Waals surface area contributed by atoms with Gasteiger partial charge in [0, 0.05) is 5.92 Å². The smallest absolute Gasteiger partial charge is 0.277 e. The Bertz CT molecular complexity index is 343. The molecular formula is C8H11N3OS. The number of amides is 1. The summed E-state index contributed by atoms with van der Waals surface area (Å²) in [5, 5.41) is 0.931. The maximum atomic E-state index is 11.3. The summed E-state index contributed by atoms with van der Waals surface area (Å²) in [7, 11) is 0. The average Bonchev–Trinajstić information content (AvgIpc) is 2.89. The van der Waals surface area contributed by atoms with Crippen molar-refractivity contribution in [3.05, 3.63) is 15.6 Å². The van der Waals surface area contributed by atoms with Crippen LogP contribution in [0.15, 0.2) is 0 Å². The number of carbonyl (C=O) groups excluding carboxylic acids is 1. The number of hydrogen-bond donors (Lipinski definition) is 2. The van der Waals surface area contributed by atoms with Gasteiger partial charge in [0.2, 0.25) is 0 Å². The molecule has 0 radical (unpaired) electrons. The van der Waals surface area contributed by atoms with Gasteiger partial charge in [-0.05, 0) is 19.8 Å². The van der Waals surface area contributed by atoms with Gasteiger partial charge in [-0.3, -0.25) is 10.2 Å². The van der Waals surface area contributed by atoms with Crippen LogP contribution in [0, 0.1) is 6.92 Å². The predicted octanol–water partition coefficient (Wildman–Crippen LogP) is 0.932. The number of aryl methyl sites for hydroxylation is 1. The number of nitrogens with one attached hydrogen (secondary N) is 1. The van der Waals surface area contributed by atoms with Crippen molar-refractivity contribution in [1.82, 2.24) is 10.4 Å². The molecule has 1 saturated carbocycles. The quantitative estimate of drug-likeness (QED) is 0.421. The lowest BCUT2D eigenvalue weighted by atomic mass is 10.2. The Morgan fingerprint density at radius 1 is 1.69 bits per heavy atom. The number of carbonyl (C=O) groups is 1. The molecule has 13 heavy (non-hydrogen) atoms. The first-order chi connectivity index (χ1) is 6.22. The molecule has 0 aromatic carbocycles. The van der Waals surface area contributed by atoms with Crippen LogP contribution >= 0.6 is 11.3 Å². The number of hydrazine groups is 1. The highest BCUT2D eigenvalue weighted by molar-refractivity contribution is 7.13. The fourth-order valence-electron chi connectivity index (χ4n) is 1.30. The second-order valence-corrected chi connectivity index (χ2v) is 4.40. The third kappa shape index (κ3) is 1.57. The summed E-state index contributed by atoms with van der Waals surface area (Å²) in [6, 6.07) is 0. The van der Waals surface area contributed by atoms with Crippen LogP contribution in [-0.2, 0) is 0 Å². The van der Waals surface area contributed by atoms with E-state index in [4.69, 9.17) is 5.84 Å². The minimum Gasteiger partial charge on any atom is -0.289 e. The molecule has 0 atom stereocenters. The Hall–Kier alpha value is -0.940. The van der Waals surface area contributed by atoms with Crippen LogP contribution in [0.1, 0.15) is 39.1 Å². The third-order valence-electron chi connectivity index (χ3n) is 2.06. The van der Waals surface area contributed by atoms with Gasteiger partial charge in [0.25, 0.3) is 5.91 Å². The Morgan fingerprint density at radius 2 is 2.38 bits per heavy atom. The highest BCUT2D eigenvalue weighted by Gasteiger charge is 2.31. The van der Waals surface area contributed by atoms with Gasteiger partial charge in [0.1, 0.15) is 4.88 Å². The molecular weight excluding hydrogens is 186 g/mol. The van der Waals surface area contributed by atoms with E-state index in [9.17, 15) is 4.79 Å². The summed E-state index contributed by atoms with van der Waals surface area (Å²) in [5.41, 5.74) is 3.08. The van der Waals surface area contributed by atoms with Crippen LogP contribution in [0.25, 0.3) is 0 Å². The first-order valence-corrected chi connectivity index (χ1v) is 5.02. The highest BCUT2D eigenvalue weighted by Crippen LogP contribution is 2.42. The topological polar surface area (TPSA) is 68.0 Å². The molecule has 70 valence electrons. The van der Waals surface area contributed by atoms with E-state index in [0.717, 1.165) is 23.5 Å². The summed E-state index contributed by atoms with van der Waals surface area (Å²) in [6.07, 6.45) is 2.29. The number of hydrogen-bond acceptors (Lipinski definition) is 4. The summed E-state index contributed by atoms with van der Waals surface area (Å²) in [4.78, 5) is 16.3. The fraction of sp³-hybridized carbons (Fsp3) is 0.500. The standard InChI is InChI=1S/C8H11N3OS/c1-4-10-6(5-2-3-5)7(13-4)8(12)11-9/h5H,2-3,9H2,1H3,(H,11,12). The van der Waals surface area contributed by atoms with Crippen molar-refractivity contribution >= 4 is 17.2 Å². The molecule has 1 amide bonds. The monoisotopic (exact) mass is 197 g/mol. The van der Waals surface area contributed by atoms with Crippen LogP contribution in [0.3, 0.4) is 0 Å². The number of thiazole rings is 1. The molecule has 5 heteroatoms. The van der Waals surface area contributed by atoms with Gasteiger partial charge < -0.3 is 0 Å². The van der Waals surface area contributed by atoms with Crippen LogP contribution in [0.5, 0.6) is 0 Å². The Morgan fingerprint density at radius 3 is 2.92 bits per heavy atom. The zero-order valence-corrected chi connectivity index (χ0v) is 8.15. The lowest BCUT2D eigenvalue weighted by molar-refractivity contribution is 0.0956. The van der Waals surface area contributed by atoms with E-state index in [1.54, 1.807) is 0 Å². The molecule has 1 aliphatic rings. The largest absolute Gasteiger partial charge is 0.289 e. The van der Waals surface area contributed by atoms with E-state index in [0.29, 0.717) is 10.8 Å². The molecule has 1 aromatic heterocycles. The van der Waals surface area contributed by atoms with E-state index in [1.165, 1.54) is 11.3 Å². The Balaban J connectivity index is 2.36. The summed E-state index contributed by atoms with van der Waals surface area (Å²) >= 11 is 1.41. The predicted molar refractivity (Wildman–Crippen MR) is 50.5 cm³/mol.